The minimum absolute atomic E-state index is 0.00210. The van der Waals surface area contributed by atoms with E-state index in [2.05, 4.69) is 22.1 Å². The van der Waals surface area contributed by atoms with E-state index in [1.54, 1.807) is 19.5 Å². The summed E-state index contributed by atoms with van der Waals surface area (Å²) in [5.41, 5.74) is 3.71. The summed E-state index contributed by atoms with van der Waals surface area (Å²) in [6.07, 6.45) is 4.82. The summed E-state index contributed by atoms with van der Waals surface area (Å²) in [5.74, 6) is 2.09. The normalized spacial score (nSPS) is 19.3. The molecule has 1 atom stereocenters. The highest BCUT2D eigenvalue weighted by Crippen LogP contribution is 2.50. The summed E-state index contributed by atoms with van der Waals surface area (Å²) in [6.45, 7) is 1.10. The standard InChI is InChI=1S/C19H21N3O4/c1-22-8-5-13-9-16-18(26-11-25-16)19(24-2)17(13)15(22)10-14(21-23)12-3-6-20-7-4-12/h3-4,6-7,9,15,23H,5,8,10-11H2,1-2H3/b21-14+/t15-/m0/s1. The zero-order valence-corrected chi connectivity index (χ0v) is 14.8. The number of aromatic nitrogens is 1. The van der Waals surface area contributed by atoms with Crippen LogP contribution in [0.1, 0.15) is 29.2 Å². The molecule has 2 aliphatic heterocycles. The quantitative estimate of drug-likeness (QED) is 0.516. The van der Waals surface area contributed by atoms with Gasteiger partial charge in [-0.1, -0.05) is 5.16 Å². The van der Waals surface area contributed by atoms with Gasteiger partial charge in [-0.3, -0.25) is 9.88 Å². The maximum atomic E-state index is 9.60. The SMILES string of the molecule is COc1c2c(cc3c1[C@H](C/C(=N\O)c1ccncc1)N(C)CC3)OCO2. The van der Waals surface area contributed by atoms with Crippen LogP contribution in [0.2, 0.25) is 0 Å². The van der Waals surface area contributed by atoms with E-state index < -0.39 is 0 Å². The van der Waals surface area contributed by atoms with E-state index in [0.717, 1.165) is 29.8 Å². The van der Waals surface area contributed by atoms with Gasteiger partial charge in [0.25, 0.3) is 0 Å². The second kappa shape index (κ2) is 6.84. The number of likely N-dealkylation sites (N-methyl/N-ethyl adjacent to an activating group) is 1. The number of rotatable bonds is 4. The molecule has 0 bridgehead atoms. The molecular weight excluding hydrogens is 334 g/mol. The lowest BCUT2D eigenvalue weighted by Crippen LogP contribution is -2.34. The lowest BCUT2D eigenvalue weighted by Gasteiger charge is -2.36. The largest absolute Gasteiger partial charge is 0.492 e. The molecule has 3 heterocycles. The van der Waals surface area contributed by atoms with Crippen LogP contribution in [0.4, 0.5) is 0 Å². The van der Waals surface area contributed by atoms with E-state index in [-0.39, 0.29) is 12.8 Å². The molecule has 2 aromatic rings. The Balaban J connectivity index is 1.76. The van der Waals surface area contributed by atoms with Gasteiger partial charge >= 0.3 is 0 Å². The summed E-state index contributed by atoms with van der Waals surface area (Å²) < 4.78 is 16.9. The Labute approximate surface area is 151 Å². The van der Waals surface area contributed by atoms with Crippen molar-refractivity contribution < 1.29 is 19.4 Å². The van der Waals surface area contributed by atoms with E-state index in [4.69, 9.17) is 14.2 Å². The second-order valence-electron chi connectivity index (χ2n) is 6.45. The van der Waals surface area contributed by atoms with Crippen molar-refractivity contribution in [1.82, 2.24) is 9.88 Å². The van der Waals surface area contributed by atoms with Crippen LogP contribution >= 0.6 is 0 Å². The molecular formula is C19H21N3O4. The van der Waals surface area contributed by atoms with E-state index in [1.807, 2.05) is 18.2 Å². The first-order chi connectivity index (χ1) is 12.7. The van der Waals surface area contributed by atoms with Crippen LogP contribution in [0.3, 0.4) is 0 Å². The molecule has 4 rings (SSSR count). The third kappa shape index (κ3) is 2.74. The number of ether oxygens (including phenoxy) is 3. The van der Waals surface area contributed by atoms with Gasteiger partial charge in [-0.05, 0) is 37.2 Å². The predicted octanol–water partition coefficient (Wildman–Crippen LogP) is 2.62. The predicted molar refractivity (Wildman–Crippen MR) is 95.4 cm³/mol. The average Bonchev–Trinajstić information content (AvgIpc) is 3.14. The zero-order valence-electron chi connectivity index (χ0n) is 14.8. The number of benzene rings is 1. The molecule has 0 fully saturated rings. The molecule has 0 saturated carbocycles. The highest BCUT2D eigenvalue weighted by atomic mass is 16.7. The van der Waals surface area contributed by atoms with Crippen LogP contribution in [0.15, 0.2) is 35.7 Å². The fraction of sp³-hybridized carbons (Fsp3) is 0.368. The molecule has 0 radical (unpaired) electrons. The molecule has 0 amide bonds. The fourth-order valence-electron chi connectivity index (χ4n) is 3.73. The Bertz CT molecular complexity index is 838. The average molecular weight is 355 g/mol. The topological polar surface area (TPSA) is 76.4 Å². The number of nitrogens with zero attached hydrogens (tertiary/aromatic N) is 3. The van der Waals surface area contributed by atoms with E-state index in [9.17, 15) is 5.21 Å². The number of methoxy groups -OCH3 is 1. The van der Waals surface area contributed by atoms with Gasteiger partial charge in [0.2, 0.25) is 12.5 Å². The van der Waals surface area contributed by atoms with Gasteiger partial charge in [0, 0.05) is 42.5 Å². The third-order valence-electron chi connectivity index (χ3n) is 5.07. The summed E-state index contributed by atoms with van der Waals surface area (Å²) >= 11 is 0. The first-order valence-electron chi connectivity index (χ1n) is 8.54. The van der Waals surface area contributed by atoms with Crippen molar-refractivity contribution in [2.45, 2.75) is 18.9 Å². The summed E-state index contributed by atoms with van der Waals surface area (Å²) in [4.78, 5) is 6.28. The van der Waals surface area contributed by atoms with Gasteiger partial charge < -0.3 is 19.4 Å². The molecule has 2 aliphatic rings. The van der Waals surface area contributed by atoms with E-state index >= 15 is 0 Å². The van der Waals surface area contributed by atoms with Crippen molar-refractivity contribution in [3.8, 4) is 17.2 Å². The number of hydrogen-bond acceptors (Lipinski definition) is 7. The highest BCUT2D eigenvalue weighted by molar-refractivity contribution is 6.00. The lowest BCUT2D eigenvalue weighted by molar-refractivity contribution is 0.170. The molecule has 0 aliphatic carbocycles. The number of pyridine rings is 1. The van der Waals surface area contributed by atoms with Crippen molar-refractivity contribution in [2.75, 3.05) is 27.5 Å². The minimum atomic E-state index is 0.00210. The van der Waals surface area contributed by atoms with Crippen LogP contribution in [-0.4, -0.2) is 48.3 Å². The smallest absolute Gasteiger partial charge is 0.231 e. The van der Waals surface area contributed by atoms with Crippen molar-refractivity contribution >= 4 is 5.71 Å². The van der Waals surface area contributed by atoms with Gasteiger partial charge in [0.05, 0.1) is 12.8 Å². The molecule has 0 saturated heterocycles. The first-order valence-corrected chi connectivity index (χ1v) is 8.54. The Kier molecular flexibility index (Phi) is 4.38. The molecule has 1 N–H and O–H groups in total. The van der Waals surface area contributed by atoms with Crippen molar-refractivity contribution in [2.24, 2.45) is 5.16 Å². The van der Waals surface area contributed by atoms with E-state index in [1.165, 1.54) is 5.56 Å². The molecule has 7 nitrogen and oxygen atoms in total. The first kappa shape index (κ1) is 16.7. The minimum Gasteiger partial charge on any atom is -0.492 e. The summed E-state index contributed by atoms with van der Waals surface area (Å²) in [7, 11) is 3.71. The van der Waals surface area contributed by atoms with Crippen molar-refractivity contribution in [3.63, 3.8) is 0 Å². The second-order valence-corrected chi connectivity index (χ2v) is 6.45. The highest BCUT2D eigenvalue weighted by Gasteiger charge is 2.34. The number of oxime groups is 1. The third-order valence-corrected chi connectivity index (χ3v) is 5.07. The van der Waals surface area contributed by atoms with Gasteiger partial charge in [0.15, 0.2) is 11.5 Å². The molecule has 1 aromatic carbocycles. The lowest BCUT2D eigenvalue weighted by atomic mass is 9.87. The van der Waals surface area contributed by atoms with Crippen molar-refractivity contribution in [1.29, 1.82) is 0 Å². The molecule has 0 unspecified atom stereocenters. The maximum absolute atomic E-state index is 9.60. The van der Waals surface area contributed by atoms with Gasteiger partial charge in [0.1, 0.15) is 0 Å². The Morgan fingerprint density at radius 1 is 1.38 bits per heavy atom. The molecule has 1 aromatic heterocycles. The van der Waals surface area contributed by atoms with Gasteiger partial charge in [-0.25, -0.2) is 0 Å². The van der Waals surface area contributed by atoms with Crippen molar-refractivity contribution in [3.05, 3.63) is 47.3 Å². The van der Waals surface area contributed by atoms with Gasteiger partial charge in [-0.2, -0.15) is 0 Å². The molecule has 7 heteroatoms. The van der Waals surface area contributed by atoms with Gasteiger partial charge in [-0.15, -0.1) is 0 Å². The monoisotopic (exact) mass is 355 g/mol. The fourth-order valence-corrected chi connectivity index (χ4v) is 3.73. The van der Waals surface area contributed by atoms with Crippen LogP contribution < -0.4 is 14.2 Å². The maximum Gasteiger partial charge on any atom is 0.231 e. The molecule has 26 heavy (non-hydrogen) atoms. The van der Waals surface area contributed by atoms with Crippen LogP contribution in [-0.2, 0) is 6.42 Å². The summed E-state index contributed by atoms with van der Waals surface area (Å²) in [5, 5.41) is 13.2. The Morgan fingerprint density at radius 3 is 2.92 bits per heavy atom. The molecule has 0 spiro atoms. The number of fused-ring (bicyclic) bond motifs is 2. The van der Waals surface area contributed by atoms with Crippen LogP contribution in [0.5, 0.6) is 17.2 Å². The number of hydrogen-bond donors (Lipinski definition) is 1. The molecule has 136 valence electrons. The zero-order chi connectivity index (χ0) is 18.1. The van der Waals surface area contributed by atoms with E-state index in [0.29, 0.717) is 23.6 Å². The van der Waals surface area contributed by atoms with Crippen LogP contribution in [0.25, 0.3) is 0 Å². The van der Waals surface area contributed by atoms with Crippen LogP contribution in [0, 0.1) is 0 Å². The Hall–Kier alpha value is -2.80. The summed E-state index contributed by atoms with van der Waals surface area (Å²) in [6, 6.07) is 5.73. The Morgan fingerprint density at radius 2 is 2.19 bits per heavy atom.